The van der Waals surface area contributed by atoms with Crippen molar-refractivity contribution in [3.8, 4) is 5.75 Å². The molecule has 1 amide bonds. The number of ether oxygens (including phenoxy) is 1. The summed E-state index contributed by atoms with van der Waals surface area (Å²) in [4.78, 5) is 12.9. The van der Waals surface area contributed by atoms with Crippen molar-refractivity contribution in [2.24, 2.45) is 0 Å². The van der Waals surface area contributed by atoms with Crippen molar-refractivity contribution in [1.82, 2.24) is 14.8 Å². The van der Waals surface area contributed by atoms with Gasteiger partial charge in [0.05, 0.1) is 12.7 Å². The number of para-hydroxylation sites is 1. The number of amides is 1. The van der Waals surface area contributed by atoms with Gasteiger partial charge in [0.2, 0.25) is 0 Å². The molecular formula is C24H31N3O4S. The third-order valence-corrected chi connectivity index (χ3v) is 7.20. The molecule has 0 heterocycles. The molecule has 0 atom stereocenters. The molecule has 3 rings (SSSR count). The standard InChI is InChI=1S/C24H31N3O4S/c1-3-17-26-32(29,30)27-20-13-15-24(16-14-20,19-9-5-4-6-10-19)18-25-23(28)21-11-7-8-12-22(21)31-2/h3-12,20,26-27H,1,13-18H2,2H3,(H,25,28). The fourth-order valence-corrected chi connectivity index (χ4v) is 5.35. The topological polar surface area (TPSA) is 96.5 Å². The van der Waals surface area contributed by atoms with Crippen LogP contribution in [0.15, 0.2) is 67.3 Å². The minimum Gasteiger partial charge on any atom is -0.496 e. The van der Waals surface area contributed by atoms with Crippen LogP contribution in [-0.4, -0.2) is 40.6 Å². The molecule has 2 aromatic carbocycles. The average Bonchev–Trinajstić information content (AvgIpc) is 2.82. The Hall–Kier alpha value is -2.68. The molecule has 2 aromatic rings. The molecule has 1 saturated carbocycles. The van der Waals surface area contributed by atoms with E-state index >= 15 is 0 Å². The molecule has 0 radical (unpaired) electrons. The van der Waals surface area contributed by atoms with E-state index in [1.807, 2.05) is 30.3 Å². The Morgan fingerprint density at radius 2 is 1.78 bits per heavy atom. The SMILES string of the molecule is C=CCNS(=O)(=O)NC1CCC(CNC(=O)c2ccccc2OC)(c2ccccc2)CC1. The first-order valence-electron chi connectivity index (χ1n) is 10.7. The summed E-state index contributed by atoms with van der Waals surface area (Å²) in [6, 6.07) is 17.1. The van der Waals surface area contributed by atoms with E-state index in [9.17, 15) is 13.2 Å². The van der Waals surface area contributed by atoms with Gasteiger partial charge in [-0.25, -0.2) is 0 Å². The normalized spacial score (nSPS) is 21.0. The minimum atomic E-state index is -3.57. The maximum absolute atomic E-state index is 12.9. The lowest BCUT2D eigenvalue weighted by Crippen LogP contribution is -2.49. The predicted octanol–water partition coefficient (Wildman–Crippen LogP) is 2.92. The molecule has 1 aliphatic carbocycles. The van der Waals surface area contributed by atoms with Crippen LogP contribution in [0.2, 0.25) is 0 Å². The summed E-state index contributed by atoms with van der Waals surface area (Å²) in [6.45, 7) is 4.18. The minimum absolute atomic E-state index is 0.154. The third kappa shape index (κ3) is 5.97. The number of nitrogens with one attached hydrogen (secondary N) is 3. The molecule has 32 heavy (non-hydrogen) atoms. The Balaban J connectivity index is 1.72. The fraction of sp³-hybridized carbons (Fsp3) is 0.375. The van der Waals surface area contributed by atoms with Crippen LogP contribution in [0.1, 0.15) is 41.6 Å². The molecule has 3 N–H and O–H groups in total. The van der Waals surface area contributed by atoms with E-state index < -0.39 is 10.2 Å². The first kappa shape index (κ1) is 24.0. The van der Waals surface area contributed by atoms with Gasteiger partial charge in [0.1, 0.15) is 5.75 Å². The number of rotatable bonds is 10. The summed E-state index contributed by atoms with van der Waals surface area (Å²) in [6.07, 6.45) is 4.35. The van der Waals surface area contributed by atoms with Gasteiger partial charge in [-0.05, 0) is 43.4 Å². The highest BCUT2D eigenvalue weighted by Gasteiger charge is 2.38. The van der Waals surface area contributed by atoms with E-state index in [1.54, 1.807) is 19.2 Å². The lowest BCUT2D eigenvalue weighted by atomic mass is 9.68. The summed E-state index contributed by atoms with van der Waals surface area (Å²) in [7, 11) is -2.02. The maximum atomic E-state index is 12.9. The highest BCUT2D eigenvalue weighted by atomic mass is 32.2. The van der Waals surface area contributed by atoms with Crippen LogP contribution in [0.3, 0.4) is 0 Å². The Bertz CT molecular complexity index is 1020. The fourth-order valence-electron chi connectivity index (χ4n) is 4.25. The first-order valence-corrected chi connectivity index (χ1v) is 12.2. The molecule has 172 valence electrons. The molecule has 0 spiro atoms. The zero-order valence-electron chi connectivity index (χ0n) is 18.3. The van der Waals surface area contributed by atoms with Crippen LogP contribution in [0.4, 0.5) is 0 Å². The van der Waals surface area contributed by atoms with Crippen molar-refractivity contribution < 1.29 is 17.9 Å². The number of hydrogen-bond acceptors (Lipinski definition) is 4. The number of carbonyl (C=O) groups is 1. The highest BCUT2D eigenvalue weighted by molar-refractivity contribution is 7.87. The Morgan fingerprint density at radius 1 is 1.12 bits per heavy atom. The molecule has 1 aliphatic rings. The first-order chi connectivity index (χ1) is 15.4. The van der Waals surface area contributed by atoms with Crippen LogP contribution < -0.4 is 19.5 Å². The highest BCUT2D eigenvalue weighted by Crippen LogP contribution is 2.39. The lowest BCUT2D eigenvalue weighted by molar-refractivity contribution is 0.0932. The quantitative estimate of drug-likeness (QED) is 0.478. The van der Waals surface area contributed by atoms with E-state index in [4.69, 9.17) is 4.74 Å². The molecule has 0 saturated heterocycles. The summed E-state index contributed by atoms with van der Waals surface area (Å²) < 4.78 is 34.9. The van der Waals surface area contributed by atoms with Crippen molar-refractivity contribution in [3.63, 3.8) is 0 Å². The van der Waals surface area contributed by atoms with Crippen LogP contribution in [-0.2, 0) is 15.6 Å². The molecule has 0 bridgehead atoms. The molecule has 1 fully saturated rings. The Morgan fingerprint density at radius 3 is 2.44 bits per heavy atom. The van der Waals surface area contributed by atoms with Crippen molar-refractivity contribution in [1.29, 1.82) is 0 Å². The van der Waals surface area contributed by atoms with Gasteiger partial charge in [-0.3, -0.25) is 4.79 Å². The summed E-state index contributed by atoms with van der Waals surface area (Å²) in [5.74, 6) is 0.345. The van der Waals surface area contributed by atoms with Gasteiger partial charge >= 0.3 is 0 Å². The van der Waals surface area contributed by atoms with E-state index in [2.05, 4.69) is 33.5 Å². The van der Waals surface area contributed by atoms with Crippen LogP contribution in [0, 0.1) is 0 Å². The number of carbonyl (C=O) groups excluding carboxylic acids is 1. The molecule has 0 aliphatic heterocycles. The smallest absolute Gasteiger partial charge is 0.277 e. The maximum Gasteiger partial charge on any atom is 0.277 e. The van der Waals surface area contributed by atoms with Crippen LogP contribution in [0.5, 0.6) is 5.75 Å². The predicted molar refractivity (Wildman–Crippen MR) is 126 cm³/mol. The van der Waals surface area contributed by atoms with Crippen LogP contribution in [0.25, 0.3) is 0 Å². The lowest BCUT2D eigenvalue weighted by Gasteiger charge is -2.41. The van der Waals surface area contributed by atoms with Crippen molar-refractivity contribution in [2.45, 2.75) is 37.1 Å². The van der Waals surface area contributed by atoms with Gasteiger partial charge in [-0.15, -0.1) is 6.58 Å². The number of methoxy groups -OCH3 is 1. The summed E-state index contributed by atoms with van der Waals surface area (Å²) in [5.41, 5.74) is 1.37. The second kappa shape index (κ2) is 10.8. The van der Waals surface area contributed by atoms with Gasteiger partial charge in [0.25, 0.3) is 16.1 Å². The molecule has 7 nitrogen and oxygen atoms in total. The van der Waals surface area contributed by atoms with E-state index in [0.717, 1.165) is 18.4 Å². The van der Waals surface area contributed by atoms with Crippen LogP contribution >= 0.6 is 0 Å². The van der Waals surface area contributed by atoms with Gasteiger partial charge in [0, 0.05) is 24.5 Å². The third-order valence-electron chi connectivity index (χ3n) is 6.01. The Kier molecular flexibility index (Phi) is 8.06. The Labute approximate surface area is 190 Å². The number of benzene rings is 2. The second-order valence-corrected chi connectivity index (χ2v) is 9.59. The molecule has 0 unspecified atom stereocenters. The number of hydrogen-bond donors (Lipinski definition) is 3. The van der Waals surface area contributed by atoms with Crippen molar-refractivity contribution in [3.05, 3.63) is 78.4 Å². The molecular weight excluding hydrogens is 426 g/mol. The van der Waals surface area contributed by atoms with Crippen molar-refractivity contribution >= 4 is 16.1 Å². The van der Waals surface area contributed by atoms with Gasteiger partial charge in [-0.1, -0.05) is 48.5 Å². The molecule has 0 aromatic heterocycles. The van der Waals surface area contributed by atoms with E-state index in [1.165, 1.54) is 6.08 Å². The zero-order chi connectivity index (χ0) is 23.0. The van der Waals surface area contributed by atoms with E-state index in [-0.39, 0.29) is 23.9 Å². The molecule has 8 heteroatoms. The van der Waals surface area contributed by atoms with Gasteiger partial charge in [0.15, 0.2) is 0 Å². The van der Waals surface area contributed by atoms with Gasteiger partial charge in [-0.2, -0.15) is 17.9 Å². The second-order valence-electron chi connectivity index (χ2n) is 8.06. The summed E-state index contributed by atoms with van der Waals surface area (Å²) in [5, 5.41) is 3.09. The zero-order valence-corrected chi connectivity index (χ0v) is 19.2. The average molecular weight is 458 g/mol. The van der Waals surface area contributed by atoms with E-state index in [0.29, 0.717) is 30.7 Å². The largest absolute Gasteiger partial charge is 0.496 e. The van der Waals surface area contributed by atoms with Gasteiger partial charge < -0.3 is 10.1 Å². The monoisotopic (exact) mass is 457 g/mol. The van der Waals surface area contributed by atoms with Crippen molar-refractivity contribution in [2.75, 3.05) is 20.2 Å². The summed E-state index contributed by atoms with van der Waals surface area (Å²) >= 11 is 0.